The number of benzene rings is 1. The number of piperidine rings is 1. The first kappa shape index (κ1) is 13.8. The monoisotopic (exact) mass is 313 g/mol. The molecule has 2 rings (SSSR count). The highest BCUT2D eigenvalue weighted by Gasteiger charge is 2.19. The quantitative estimate of drug-likeness (QED) is 0.927. The van der Waals surface area contributed by atoms with Crippen molar-refractivity contribution in [1.29, 1.82) is 0 Å². The van der Waals surface area contributed by atoms with Crippen molar-refractivity contribution >= 4 is 15.9 Å². The lowest BCUT2D eigenvalue weighted by atomic mass is 9.98. The molecule has 0 spiro atoms. The van der Waals surface area contributed by atoms with Crippen molar-refractivity contribution in [3.63, 3.8) is 0 Å². The summed E-state index contributed by atoms with van der Waals surface area (Å²) in [6.45, 7) is 4.06. The lowest BCUT2D eigenvalue weighted by molar-refractivity contribution is 0.0873. The Morgan fingerprint density at radius 3 is 3.06 bits per heavy atom. The summed E-state index contributed by atoms with van der Waals surface area (Å²) in [5, 5.41) is 9.48. The molecule has 1 atom stereocenters. The van der Waals surface area contributed by atoms with Gasteiger partial charge in [0.05, 0.1) is 11.1 Å². The number of halogens is 1. The van der Waals surface area contributed by atoms with Gasteiger partial charge in [-0.25, -0.2) is 0 Å². The van der Waals surface area contributed by atoms with Gasteiger partial charge in [0.15, 0.2) is 0 Å². The molecule has 1 aromatic carbocycles. The second-order valence-corrected chi connectivity index (χ2v) is 5.84. The fraction of sp³-hybridized carbons (Fsp3) is 0.571. The molecule has 1 heterocycles. The second kappa shape index (κ2) is 6.55. The van der Waals surface area contributed by atoms with Crippen LogP contribution in [0.5, 0.6) is 5.75 Å². The molecule has 0 aromatic heterocycles. The van der Waals surface area contributed by atoms with Gasteiger partial charge in [-0.05, 0) is 58.9 Å². The topological polar surface area (TPSA) is 32.7 Å². The Bertz CT molecular complexity index is 395. The van der Waals surface area contributed by atoms with Crippen molar-refractivity contribution in [2.75, 3.05) is 26.8 Å². The summed E-state index contributed by atoms with van der Waals surface area (Å²) in [6, 6.07) is 5.73. The lowest BCUT2D eigenvalue weighted by Crippen LogP contribution is -2.36. The van der Waals surface area contributed by atoms with E-state index in [9.17, 15) is 5.11 Å². The van der Waals surface area contributed by atoms with Crippen molar-refractivity contribution in [3.05, 3.63) is 28.2 Å². The van der Waals surface area contributed by atoms with Crippen LogP contribution in [0.3, 0.4) is 0 Å². The molecule has 1 fully saturated rings. The van der Waals surface area contributed by atoms with Crippen LogP contribution >= 0.6 is 15.9 Å². The maximum Gasteiger partial charge on any atom is 0.129 e. The molecule has 0 aliphatic carbocycles. The van der Waals surface area contributed by atoms with E-state index in [1.165, 1.54) is 18.4 Å². The molecule has 100 valence electrons. The Balaban J connectivity index is 1.93. The van der Waals surface area contributed by atoms with Crippen molar-refractivity contribution < 1.29 is 9.84 Å². The average Bonchev–Trinajstić information content (AvgIpc) is 2.35. The van der Waals surface area contributed by atoms with E-state index in [2.05, 4.69) is 20.8 Å². The Morgan fingerprint density at radius 1 is 1.50 bits per heavy atom. The third-order valence-corrected chi connectivity index (χ3v) is 4.06. The summed E-state index contributed by atoms with van der Waals surface area (Å²) in [6.07, 6.45) is 2.51. The van der Waals surface area contributed by atoms with Gasteiger partial charge in [-0.2, -0.15) is 0 Å². The molecule has 1 aliphatic rings. The Kier molecular flexibility index (Phi) is 5.03. The zero-order chi connectivity index (χ0) is 13.0. The van der Waals surface area contributed by atoms with Gasteiger partial charge in [-0.3, -0.25) is 4.90 Å². The molecule has 0 saturated carbocycles. The highest BCUT2D eigenvalue weighted by atomic mass is 79.9. The molecule has 1 unspecified atom stereocenters. The second-order valence-electron chi connectivity index (χ2n) is 4.98. The zero-order valence-electron chi connectivity index (χ0n) is 10.7. The van der Waals surface area contributed by atoms with E-state index in [1.54, 1.807) is 13.2 Å². The molecule has 1 N–H and O–H groups in total. The van der Waals surface area contributed by atoms with Crippen molar-refractivity contribution in [2.24, 2.45) is 5.92 Å². The van der Waals surface area contributed by atoms with Gasteiger partial charge >= 0.3 is 0 Å². The van der Waals surface area contributed by atoms with Gasteiger partial charge in [0.1, 0.15) is 5.75 Å². The fourth-order valence-corrected chi connectivity index (χ4v) is 3.00. The highest BCUT2D eigenvalue weighted by molar-refractivity contribution is 9.10. The van der Waals surface area contributed by atoms with E-state index in [1.807, 2.05) is 12.1 Å². The van der Waals surface area contributed by atoms with Crippen LogP contribution in [-0.4, -0.2) is 36.8 Å². The number of nitrogens with zero attached hydrogens (tertiary/aromatic N) is 1. The number of methoxy groups -OCH3 is 1. The fourth-order valence-electron chi connectivity index (χ4n) is 2.57. The van der Waals surface area contributed by atoms with Crippen molar-refractivity contribution in [3.8, 4) is 5.75 Å². The molecular formula is C14H20BrNO2. The number of phenolic OH excluding ortho intramolecular Hbond substituents is 1. The van der Waals surface area contributed by atoms with Crippen LogP contribution in [0.2, 0.25) is 0 Å². The molecule has 0 bridgehead atoms. The lowest BCUT2D eigenvalue weighted by Gasteiger charge is -2.32. The molecule has 4 heteroatoms. The minimum Gasteiger partial charge on any atom is -0.507 e. The summed E-state index contributed by atoms with van der Waals surface area (Å²) < 4.78 is 6.02. The smallest absolute Gasteiger partial charge is 0.129 e. The molecule has 1 aliphatic heterocycles. The molecule has 1 saturated heterocycles. The van der Waals surface area contributed by atoms with Crippen LogP contribution < -0.4 is 0 Å². The van der Waals surface area contributed by atoms with Crippen molar-refractivity contribution in [2.45, 2.75) is 19.4 Å². The van der Waals surface area contributed by atoms with Gasteiger partial charge in [-0.1, -0.05) is 6.07 Å². The number of hydrogen-bond donors (Lipinski definition) is 1. The molecule has 1 aromatic rings. The van der Waals surface area contributed by atoms with Gasteiger partial charge in [0, 0.05) is 20.2 Å². The van der Waals surface area contributed by atoms with E-state index >= 15 is 0 Å². The first-order valence-corrected chi connectivity index (χ1v) is 7.17. The van der Waals surface area contributed by atoms with Gasteiger partial charge in [0.25, 0.3) is 0 Å². The first-order valence-electron chi connectivity index (χ1n) is 6.37. The highest BCUT2D eigenvalue weighted by Crippen LogP contribution is 2.26. The maximum absolute atomic E-state index is 9.48. The van der Waals surface area contributed by atoms with Crippen LogP contribution in [0.1, 0.15) is 18.4 Å². The van der Waals surface area contributed by atoms with Crippen LogP contribution in [0, 0.1) is 5.92 Å². The largest absolute Gasteiger partial charge is 0.507 e. The molecule has 18 heavy (non-hydrogen) atoms. The number of aromatic hydroxyl groups is 1. The molecule has 0 amide bonds. The summed E-state index contributed by atoms with van der Waals surface area (Å²) in [5.41, 5.74) is 1.23. The summed E-state index contributed by atoms with van der Waals surface area (Å²) in [7, 11) is 1.77. The Morgan fingerprint density at radius 2 is 2.33 bits per heavy atom. The van der Waals surface area contributed by atoms with E-state index in [0.29, 0.717) is 11.7 Å². The van der Waals surface area contributed by atoms with E-state index < -0.39 is 0 Å². The minimum atomic E-state index is 0.301. The molecular weight excluding hydrogens is 294 g/mol. The number of ether oxygens (including phenoxy) is 1. The van der Waals surface area contributed by atoms with E-state index in [4.69, 9.17) is 4.74 Å². The average molecular weight is 314 g/mol. The standard InChI is InChI=1S/C14H20BrNO2/c1-18-10-12-3-2-6-16(9-12)8-11-4-5-14(17)13(15)7-11/h4-5,7,12,17H,2-3,6,8-10H2,1H3. The van der Waals surface area contributed by atoms with E-state index in [-0.39, 0.29) is 0 Å². The summed E-state index contributed by atoms with van der Waals surface area (Å²) >= 11 is 3.36. The summed E-state index contributed by atoms with van der Waals surface area (Å²) in [4.78, 5) is 2.46. The van der Waals surface area contributed by atoms with Crippen LogP contribution in [-0.2, 0) is 11.3 Å². The summed E-state index contributed by atoms with van der Waals surface area (Å²) in [5.74, 6) is 0.957. The Labute approximate surface area is 117 Å². The number of rotatable bonds is 4. The number of hydrogen-bond acceptors (Lipinski definition) is 3. The number of likely N-dealkylation sites (tertiary alicyclic amines) is 1. The van der Waals surface area contributed by atoms with Gasteiger partial charge in [-0.15, -0.1) is 0 Å². The van der Waals surface area contributed by atoms with Crippen LogP contribution in [0.15, 0.2) is 22.7 Å². The predicted octanol–water partition coefficient (Wildman–Crippen LogP) is 3.01. The van der Waals surface area contributed by atoms with Crippen molar-refractivity contribution in [1.82, 2.24) is 4.90 Å². The molecule has 0 radical (unpaired) electrons. The van der Waals surface area contributed by atoms with Crippen LogP contribution in [0.25, 0.3) is 0 Å². The Hall–Kier alpha value is -0.580. The van der Waals surface area contributed by atoms with Crippen LogP contribution in [0.4, 0.5) is 0 Å². The molecule has 3 nitrogen and oxygen atoms in total. The third kappa shape index (κ3) is 3.70. The number of phenols is 1. The third-order valence-electron chi connectivity index (χ3n) is 3.42. The predicted molar refractivity (Wildman–Crippen MR) is 75.7 cm³/mol. The first-order chi connectivity index (χ1) is 8.69. The van der Waals surface area contributed by atoms with Gasteiger partial charge in [0.2, 0.25) is 0 Å². The van der Waals surface area contributed by atoms with E-state index in [0.717, 1.165) is 30.7 Å². The SMILES string of the molecule is COCC1CCCN(Cc2ccc(O)c(Br)c2)C1. The maximum atomic E-state index is 9.48. The zero-order valence-corrected chi connectivity index (χ0v) is 12.3. The normalized spacial score (nSPS) is 21.1. The van der Waals surface area contributed by atoms with Gasteiger partial charge < -0.3 is 9.84 Å². The minimum absolute atomic E-state index is 0.301.